The molecule has 0 saturated carbocycles. The topological polar surface area (TPSA) is 89.5 Å². The highest BCUT2D eigenvalue weighted by atomic mass is 79.9. The molecule has 1 aliphatic rings. The van der Waals surface area contributed by atoms with E-state index in [0.29, 0.717) is 16.6 Å². The molecule has 34 heavy (non-hydrogen) atoms. The van der Waals surface area contributed by atoms with E-state index in [1.807, 2.05) is 37.3 Å². The van der Waals surface area contributed by atoms with Crippen molar-refractivity contribution < 1.29 is 9.21 Å². The molecule has 0 unspecified atom stereocenters. The Morgan fingerprint density at radius 2 is 2.06 bits per heavy atom. The number of hydrazone groups is 1. The zero-order valence-corrected chi connectivity index (χ0v) is 21.6. The Kier molecular flexibility index (Phi) is 6.71. The number of amides is 1. The van der Waals surface area contributed by atoms with Crippen LogP contribution in [0.3, 0.4) is 0 Å². The number of benzene rings is 1. The average Bonchev–Trinajstić information content (AvgIpc) is 3.41. The van der Waals surface area contributed by atoms with Gasteiger partial charge in [0.1, 0.15) is 16.4 Å². The van der Waals surface area contributed by atoms with Gasteiger partial charge in [0.25, 0.3) is 11.5 Å². The van der Waals surface area contributed by atoms with Crippen LogP contribution >= 0.6 is 39.0 Å². The minimum Gasteiger partial charge on any atom is -0.460 e. The number of aryl methyl sites for hydroxylation is 3. The second kappa shape index (κ2) is 9.89. The third-order valence-corrected chi connectivity index (χ3v) is 8.17. The second-order valence-electron chi connectivity index (χ2n) is 7.93. The van der Waals surface area contributed by atoms with Gasteiger partial charge >= 0.3 is 0 Å². The predicted molar refractivity (Wildman–Crippen MR) is 139 cm³/mol. The van der Waals surface area contributed by atoms with Gasteiger partial charge in [-0.05, 0) is 74.6 Å². The summed E-state index contributed by atoms with van der Waals surface area (Å²) in [6.45, 7) is 1.84. The summed E-state index contributed by atoms with van der Waals surface area (Å²) in [6, 6.07) is 11.1. The van der Waals surface area contributed by atoms with Crippen LogP contribution in [0.5, 0.6) is 0 Å². The molecule has 3 aromatic heterocycles. The van der Waals surface area contributed by atoms with Gasteiger partial charge in [0.05, 0.1) is 23.0 Å². The number of rotatable bonds is 6. The van der Waals surface area contributed by atoms with E-state index in [1.54, 1.807) is 22.0 Å². The van der Waals surface area contributed by atoms with Crippen LogP contribution in [0.1, 0.15) is 34.8 Å². The number of thiophene rings is 1. The van der Waals surface area contributed by atoms with Crippen molar-refractivity contribution in [1.29, 1.82) is 0 Å². The summed E-state index contributed by atoms with van der Waals surface area (Å²) in [5, 5.41) is 5.15. The first kappa shape index (κ1) is 23.1. The molecule has 0 bridgehead atoms. The summed E-state index contributed by atoms with van der Waals surface area (Å²) in [5.74, 6) is 1.09. The van der Waals surface area contributed by atoms with Gasteiger partial charge in [-0.2, -0.15) is 5.10 Å². The average molecular weight is 557 g/mol. The number of thioether (sulfide) groups is 1. The van der Waals surface area contributed by atoms with Crippen LogP contribution in [-0.2, 0) is 17.6 Å². The van der Waals surface area contributed by atoms with Crippen molar-refractivity contribution in [2.24, 2.45) is 5.10 Å². The van der Waals surface area contributed by atoms with Crippen LogP contribution in [-0.4, -0.2) is 27.4 Å². The first-order valence-electron chi connectivity index (χ1n) is 10.8. The lowest BCUT2D eigenvalue weighted by atomic mass is 9.97. The zero-order chi connectivity index (χ0) is 23.7. The lowest BCUT2D eigenvalue weighted by molar-refractivity contribution is -0.118. The Morgan fingerprint density at radius 1 is 1.26 bits per heavy atom. The SMILES string of the molecule is Cc1ccc(C=NNC(=O)CSc2nc3sc4c(c3c(=O)n2-c2ccc(Br)cc2)CCCC4)o1. The smallest absolute Gasteiger partial charge is 0.267 e. The number of fused-ring (bicyclic) bond motifs is 3. The number of furan rings is 1. The van der Waals surface area contributed by atoms with Crippen LogP contribution in [0.2, 0.25) is 0 Å². The van der Waals surface area contributed by atoms with Gasteiger partial charge < -0.3 is 4.42 Å². The van der Waals surface area contributed by atoms with E-state index in [1.165, 1.54) is 22.9 Å². The number of hydrogen-bond acceptors (Lipinski definition) is 7. The lowest BCUT2D eigenvalue weighted by Crippen LogP contribution is -2.24. The number of carbonyl (C=O) groups excluding carboxylic acids is 1. The largest absolute Gasteiger partial charge is 0.460 e. The van der Waals surface area contributed by atoms with Gasteiger partial charge in [0.2, 0.25) is 0 Å². The number of aromatic nitrogens is 2. The lowest BCUT2D eigenvalue weighted by Gasteiger charge is -2.13. The molecule has 1 aromatic carbocycles. The van der Waals surface area contributed by atoms with Gasteiger partial charge in [0.15, 0.2) is 5.16 Å². The van der Waals surface area contributed by atoms with E-state index in [4.69, 9.17) is 9.40 Å². The van der Waals surface area contributed by atoms with E-state index in [2.05, 4.69) is 26.5 Å². The molecule has 1 aliphatic carbocycles. The monoisotopic (exact) mass is 556 g/mol. The first-order valence-corrected chi connectivity index (χ1v) is 13.4. The molecule has 0 radical (unpaired) electrons. The molecule has 5 rings (SSSR count). The van der Waals surface area contributed by atoms with Crippen molar-refractivity contribution in [1.82, 2.24) is 15.0 Å². The zero-order valence-electron chi connectivity index (χ0n) is 18.3. The Hall–Kier alpha value is -2.69. The predicted octanol–water partition coefficient (Wildman–Crippen LogP) is 5.23. The molecular weight excluding hydrogens is 536 g/mol. The Morgan fingerprint density at radius 3 is 2.82 bits per heavy atom. The third-order valence-electron chi connectivity index (χ3n) is 5.52. The standard InChI is InChI=1S/C24H21BrN4O3S2/c1-14-6-11-17(32-14)12-26-28-20(30)13-33-24-27-22-21(18-4-2-3-5-19(18)34-22)23(31)29(24)16-9-7-15(25)8-10-16/h6-12H,2-5,13H2,1H3,(H,28,30). The third kappa shape index (κ3) is 4.75. The fourth-order valence-electron chi connectivity index (χ4n) is 3.95. The maximum Gasteiger partial charge on any atom is 0.267 e. The first-order chi connectivity index (χ1) is 16.5. The van der Waals surface area contributed by atoms with E-state index >= 15 is 0 Å². The summed E-state index contributed by atoms with van der Waals surface area (Å²) in [4.78, 5) is 33.0. The van der Waals surface area contributed by atoms with Gasteiger partial charge in [0, 0.05) is 9.35 Å². The van der Waals surface area contributed by atoms with Crippen molar-refractivity contribution in [3.63, 3.8) is 0 Å². The van der Waals surface area contributed by atoms with Crippen molar-refractivity contribution in [2.45, 2.75) is 37.8 Å². The highest BCUT2D eigenvalue weighted by Crippen LogP contribution is 2.35. The summed E-state index contributed by atoms with van der Waals surface area (Å²) in [5.41, 5.74) is 4.28. The van der Waals surface area contributed by atoms with Gasteiger partial charge in [-0.25, -0.2) is 10.4 Å². The molecule has 0 spiro atoms. The number of hydrogen-bond donors (Lipinski definition) is 1. The molecule has 0 saturated heterocycles. The molecule has 4 aromatic rings. The van der Waals surface area contributed by atoms with E-state index in [0.717, 1.165) is 51.7 Å². The highest BCUT2D eigenvalue weighted by Gasteiger charge is 2.23. The maximum absolute atomic E-state index is 13.7. The molecule has 3 heterocycles. The molecule has 0 atom stereocenters. The normalized spacial score (nSPS) is 13.5. The van der Waals surface area contributed by atoms with Crippen LogP contribution in [0.15, 0.2) is 60.3 Å². The van der Waals surface area contributed by atoms with Crippen LogP contribution < -0.4 is 11.0 Å². The second-order valence-corrected chi connectivity index (χ2v) is 10.9. The summed E-state index contributed by atoms with van der Waals surface area (Å²) >= 11 is 6.27. The minimum absolute atomic E-state index is 0.0636. The summed E-state index contributed by atoms with van der Waals surface area (Å²) < 4.78 is 7.94. The molecule has 0 fully saturated rings. The summed E-state index contributed by atoms with van der Waals surface area (Å²) in [6.07, 6.45) is 5.58. The van der Waals surface area contributed by atoms with Crippen LogP contribution in [0.25, 0.3) is 15.9 Å². The Labute approximate surface area is 212 Å². The number of halogens is 1. The van der Waals surface area contributed by atoms with Crippen LogP contribution in [0.4, 0.5) is 0 Å². The number of nitrogens with zero attached hydrogens (tertiary/aromatic N) is 3. The fraction of sp³-hybridized carbons (Fsp3) is 0.250. The molecule has 7 nitrogen and oxygen atoms in total. The van der Waals surface area contributed by atoms with Gasteiger partial charge in [-0.1, -0.05) is 27.7 Å². The molecule has 10 heteroatoms. The quantitative estimate of drug-likeness (QED) is 0.152. The highest BCUT2D eigenvalue weighted by molar-refractivity contribution is 9.10. The molecule has 174 valence electrons. The summed E-state index contributed by atoms with van der Waals surface area (Å²) in [7, 11) is 0. The van der Waals surface area contributed by atoms with Gasteiger partial charge in [-0.15, -0.1) is 11.3 Å². The van der Waals surface area contributed by atoms with E-state index < -0.39 is 0 Å². The molecule has 1 N–H and O–H groups in total. The van der Waals surface area contributed by atoms with Crippen molar-refractivity contribution in [3.8, 4) is 5.69 Å². The Bertz CT molecular complexity index is 1450. The Balaban J connectivity index is 1.45. The molecular formula is C24H21BrN4O3S2. The fourth-order valence-corrected chi connectivity index (χ4v) is 6.33. The van der Waals surface area contributed by atoms with Crippen molar-refractivity contribution in [2.75, 3.05) is 5.75 Å². The van der Waals surface area contributed by atoms with E-state index in [-0.39, 0.29) is 17.2 Å². The molecule has 0 aliphatic heterocycles. The van der Waals surface area contributed by atoms with Crippen molar-refractivity contribution in [3.05, 3.63) is 73.2 Å². The maximum atomic E-state index is 13.7. The minimum atomic E-state index is -0.299. The number of carbonyl (C=O) groups is 1. The van der Waals surface area contributed by atoms with Crippen molar-refractivity contribution >= 4 is 61.4 Å². The molecule has 1 amide bonds. The number of nitrogens with one attached hydrogen (secondary N) is 1. The van der Waals surface area contributed by atoms with E-state index in [9.17, 15) is 9.59 Å². The van der Waals surface area contributed by atoms with Crippen LogP contribution in [0, 0.1) is 6.92 Å². The van der Waals surface area contributed by atoms with Gasteiger partial charge in [-0.3, -0.25) is 14.2 Å².